The Bertz CT molecular complexity index is 239. The van der Waals surface area contributed by atoms with Crippen LogP contribution in [0.4, 0.5) is 0 Å². The minimum Gasteiger partial charge on any atom is -0.495 e. The number of aliphatic hydroxyl groups is 1. The van der Waals surface area contributed by atoms with Gasteiger partial charge in [-0.3, -0.25) is 0 Å². The van der Waals surface area contributed by atoms with Gasteiger partial charge >= 0.3 is 0 Å². The Hall–Kier alpha value is -0.500. The first-order chi connectivity index (χ1) is 7.28. The summed E-state index contributed by atoms with van der Waals surface area (Å²) >= 11 is 0. The van der Waals surface area contributed by atoms with E-state index in [-0.39, 0.29) is 11.5 Å². The average Bonchev–Trinajstić information content (AvgIpc) is 2.79. The second-order valence-electron chi connectivity index (χ2n) is 4.92. The van der Waals surface area contributed by atoms with Crippen molar-refractivity contribution in [2.24, 2.45) is 5.41 Å². The van der Waals surface area contributed by atoms with E-state index in [0.717, 1.165) is 44.5 Å². The minimum absolute atomic E-state index is 0.114. The van der Waals surface area contributed by atoms with Gasteiger partial charge in [0.1, 0.15) is 11.9 Å². The predicted octanol–water partition coefficient (Wildman–Crippen LogP) is 3.01. The number of rotatable bonds is 3. The zero-order valence-electron chi connectivity index (χ0n) is 9.67. The largest absolute Gasteiger partial charge is 0.495 e. The summed E-state index contributed by atoms with van der Waals surface area (Å²) in [6.45, 7) is 2.97. The third-order valence-electron chi connectivity index (χ3n) is 4.12. The van der Waals surface area contributed by atoms with E-state index in [1.807, 2.05) is 0 Å². The zero-order valence-corrected chi connectivity index (χ0v) is 9.67. The maximum atomic E-state index is 10.4. The van der Waals surface area contributed by atoms with Crippen LogP contribution in [0.15, 0.2) is 11.8 Å². The van der Waals surface area contributed by atoms with Crippen LogP contribution in [0.25, 0.3) is 0 Å². The molecule has 2 aliphatic rings. The summed E-state index contributed by atoms with van der Waals surface area (Å²) in [6, 6.07) is 0. The molecule has 1 N–H and O–H groups in total. The van der Waals surface area contributed by atoms with Gasteiger partial charge in [-0.2, -0.15) is 0 Å². The van der Waals surface area contributed by atoms with Crippen molar-refractivity contribution in [3.8, 4) is 0 Å². The SMILES string of the molecule is CCC1(C(O)C2=CCCCO2)CCCC1. The van der Waals surface area contributed by atoms with Crippen LogP contribution >= 0.6 is 0 Å². The summed E-state index contributed by atoms with van der Waals surface area (Å²) in [5.41, 5.74) is 0.114. The molecule has 1 saturated carbocycles. The molecular weight excluding hydrogens is 188 g/mol. The van der Waals surface area contributed by atoms with Crippen molar-refractivity contribution in [3.05, 3.63) is 11.8 Å². The van der Waals surface area contributed by atoms with E-state index in [1.54, 1.807) is 0 Å². The first-order valence-corrected chi connectivity index (χ1v) is 6.29. The number of hydrogen-bond donors (Lipinski definition) is 1. The molecule has 1 fully saturated rings. The highest BCUT2D eigenvalue weighted by Gasteiger charge is 2.41. The molecule has 0 aromatic rings. The first-order valence-electron chi connectivity index (χ1n) is 6.29. The Morgan fingerprint density at radius 3 is 2.67 bits per heavy atom. The molecule has 0 aromatic carbocycles. The van der Waals surface area contributed by atoms with Crippen LogP contribution in [0, 0.1) is 5.41 Å². The van der Waals surface area contributed by atoms with Gasteiger partial charge < -0.3 is 9.84 Å². The first kappa shape index (κ1) is 11.0. The highest BCUT2D eigenvalue weighted by Crippen LogP contribution is 2.46. The smallest absolute Gasteiger partial charge is 0.121 e. The summed E-state index contributed by atoms with van der Waals surface area (Å²) in [4.78, 5) is 0. The monoisotopic (exact) mass is 210 g/mol. The fraction of sp³-hybridized carbons (Fsp3) is 0.846. The van der Waals surface area contributed by atoms with Gasteiger partial charge in [0.15, 0.2) is 0 Å². The number of allylic oxidation sites excluding steroid dienone is 1. The Morgan fingerprint density at radius 2 is 2.13 bits per heavy atom. The van der Waals surface area contributed by atoms with Crippen LogP contribution in [0.5, 0.6) is 0 Å². The Labute approximate surface area is 92.3 Å². The molecule has 15 heavy (non-hydrogen) atoms. The summed E-state index contributed by atoms with van der Waals surface area (Å²) in [5, 5.41) is 10.4. The van der Waals surface area contributed by atoms with Gasteiger partial charge in [0.2, 0.25) is 0 Å². The standard InChI is InChI=1S/C13H22O2/c1-2-13(8-4-5-9-13)12(14)11-7-3-6-10-15-11/h7,12,14H,2-6,8-10H2,1H3. The van der Waals surface area contributed by atoms with Crippen LogP contribution in [-0.4, -0.2) is 17.8 Å². The van der Waals surface area contributed by atoms with Crippen molar-refractivity contribution in [3.63, 3.8) is 0 Å². The van der Waals surface area contributed by atoms with E-state index < -0.39 is 0 Å². The molecule has 1 aliphatic carbocycles. The van der Waals surface area contributed by atoms with E-state index in [1.165, 1.54) is 12.8 Å². The second kappa shape index (κ2) is 4.56. The molecule has 2 nitrogen and oxygen atoms in total. The fourth-order valence-corrected chi connectivity index (χ4v) is 2.97. The zero-order chi connectivity index (χ0) is 10.7. The van der Waals surface area contributed by atoms with E-state index in [2.05, 4.69) is 13.0 Å². The number of ether oxygens (including phenoxy) is 1. The predicted molar refractivity (Wildman–Crippen MR) is 60.5 cm³/mol. The van der Waals surface area contributed by atoms with Crippen molar-refractivity contribution in [2.75, 3.05) is 6.61 Å². The fourth-order valence-electron chi connectivity index (χ4n) is 2.97. The lowest BCUT2D eigenvalue weighted by Gasteiger charge is -2.35. The molecule has 1 unspecified atom stereocenters. The molecule has 2 heteroatoms. The summed E-state index contributed by atoms with van der Waals surface area (Å²) in [7, 11) is 0. The van der Waals surface area contributed by atoms with Crippen LogP contribution < -0.4 is 0 Å². The topological polar surface area (TPSA) is 29.5 Å². The maximum absolute atomic E-state index is 10.4. The van der Waals surface area contributed by atoms with Crippen LogP contribution in [0.2, 0.25) is 0 Å². The van der Waals surface area contributed by atoms with Crippen LogP contribution in [-0.2, 0) is 4.74 Å². The van der Waals surface area contributed by atoms with Gasteiger partial charge in [-0.15, -0.1) is 0 Å². The van der Waals surface area contributed by atoms with E-state index >= 15 is 0 Å². The van der Waals surface area contributed by atoms with Crippen molar-refractivity contribution in [2.45, 2.75) is 58.0 Å². The summed E-state index contributed by atoms with van der Waals surface area (Å²) in [6.07, 6.45) is 9.79. The molecule has 0 radical (unpaired) electrons. The summed E-state index contributed by atoms with van der Waals surface area (Å²) in [5.74, 6) is 0.852. The van der Waals surface area contributed by atoms with Gasteiger partial charge in [-0.25, -0.2) is 0 Å². The van der Waals surface area contributed by atoms with Gasteiger partial charge in [-0.05, 0) is 38.2 Å². The second-order valence-corrected chi connectivity index (χ2v) is 4.92. The molecule has 1 aliphatic heterocycles. The normalized spacial score (nSPS) is 26.9. The van der Waals surface area contributed by atoms with Gasteiger partial charge in [0.05, 0.1) is 6.61 Å². The quantitative estimate of drug-likeness (QED) is 0.776. The molecule has 1 heterocycles. The number of hydrogen-bond acceptors (Lipinski definition) is 2. The molecule has 2 rings (SSSR count). The Kier molecular flexibility index (Phi) is 3.35. The van der Waals surface area contributed by atoms with Crippen LogP contribution in [0.1, 0.15) is 51.9 Å². The van der Waals surface area contributed by atoms with Crippen molar-refractivity contribution in [1.82, 2.24) is 0 Å². The number of aliphatic hydroxyl groups excluding tert-OH is 1. The minimum atomic E-state index is -0.356. The lowest BCUT2D eigenvalue weighted by molar-refractivity contribution is -0.000392. The highest BCUT2D eigenvalue weighted by molar-refractivity contribution is 5.09. The van der Waals surface area contributed by atoms with Crippen LogP contribution in [0.3, 0.4) is 0 Å². The molecule has 0 bridgehead atoms. The lowest BCUT2D eigenvalue weighted by Crippen LogP contribution is -2.35. The molecule has 1 atom stereocenters. The molecule has 0 saturated heterocycles. The third kappa shape index (κ3) is 2.05. The van der Waals surface area contributed by atoms with Crippen molar-refractivity contribution >= 4 is 0 Å². The Balaban J connectivity index is 2.10. The van der Waals surface area contributed by atoms with E-state index in [0.29, 0.717) is 0 Å². The Morgan fingerprint density at radius 1 is 1.40 bits per heavy atom. The van der Waals surface area contributed by atoms with E-state index in [4.69, 9.17) is 4.74 Å². The summed E-state index contributed by atoms with van der Waals surface area (Å²) < 4.78 is 5.59. The van der Waals surface area contributed by atoms with Gasteiger partial charge in [0, 0.05) is 5.41 Å². The average molecular weight is 210 g/mol. The van der Waals surface area contributed by atoms with Gasteiger partial charge in [-0.1, -0.05) is 19.8 Å². The third-order valence-corrected chi connectivity index (χ3v) is 4.12. The van der Waals surface area contributed by atoms with E-state index in [9.17, 15) is 5.11 Å². The molecule has 0 aromatic heterocycles. The molecular formula is C13H22O2. The molecule has 0 spiro atoms. The molecule has 0 amide bonds. The maximum Gasteiger partial charge on any atom is 0.121 e. The highest BCUT2D eigenvalue weighted by atomic mass is 16.5. The molecule has 86 valence electrons. The van der Waals surface area contributed by atoms with Crippen molar-refractivity contribution in [1.29, 1.82) is 0 Å². The van der Waals surface area contributed by atoms with Gasteiger partial charge in [0.25, 0.3) is 0 Å². The lowest BCUT2D eigenvalue weighted by atomic mass is 9.77. The van der Waals surface area contributed by atoms with Crippen molar-refractivity contribution < 1.29 is 9.84 Å².